The van der Waals surface area contributed by atoms with Crippen LogP contribution in [0.25, 0.3) is 11.1 Å². The van der Waals surface area contributed by atoms with Gasteiger partial charge in [0.25, 0.3) is 0 Å². The molecule has 17 heavy (non-hydrogen) atoms. The Labute approximate surface area is 99.5 Å². The maximum atomic E-state index is 10.9. The third-order valence-corrected chi connectivity index (χ3v) is 2.63. The highest BCUT2D eigenvalue weighted by Crippen LogP contribution is 2.27. The van der Waals surface area contributed by atoms with Gasteiger partial charge in [-0.15, -0.1) is 0 Å². The molecule has 0 amide bonds. The van der Waals surface area contributed by atoms with Gasteiger partial charge in [0.1, 0.15) is 0 Å². The van der Waals surface area contributed by atoms with Crippen LogP contribution in [0.5, 0.6) is 0 Å². The standard InChI is InChI=1S/C14H13NO2/c1-9-3-2-4-10(7-9)12-8-11(14(16)17)5-6-13(12)15/h2-8H,15H2,1H3,(H,16,17). The fraction of sp³-hybridized carbons (Fsp3) is 0.0714. The molecule has 3 nitrogen and oxygen atoms in total. The predicted molar refractivity (Wildman–Crippen MR) is 68.0 cm³/mol. The second kappa shape index (κ2) is 4.29. The first kappa shape index (κ1) is 11.2. The molecule has 0 radical (unpaired) electrons. The van der Waals surface area contributed by atoms with E-state index < -0.39 is 5.97 Å². The van der Waals surface area contributed by atoms with Crippen molar-refractivity contribution in [3.05, 3.63) is 53.6 Å². The molecule has 0 unspecified atom stereocenters. The van der Waals surface area contributed by atoms with E-state index in [9.17, 15) is 4.79 Å². The lowest BCUT2D eigenvalue weighted by Gasteiger charge is -2.07. The SMILES string of the molecule is Cc1cccc(-c2cc(C(=O)O)ccc2N)c1. The van der Waals surface area contributed by atoms with Gasteiger partial charge in [-0.25, -0.2) is 4.79 Å². The lowest BCUT2D eigenvalue weighted by molar-refractivity contribution is 0.0697. The van der Waals surface area contributed by atoms with Crippen molar-refractivity contribution in [1.82, 2.24) is 0 Å². The van der Waals surface area contributed by atoms with E-state index in [1.807, 2.05) is 31.2 Å². The zero-order valence-corrected chi connectivity index (χ0v) is 9.47. The van der Waals surface area contributed by atoms with Crippen molar-refractivity contribution in [3.63, 3.8) is 0 Å². The molecule has 2 aromatic carbocycles. The minimum atomic E-state index is -0.945. The summed E-state index contributed by atoms with van der Waals surface area (Å²) in [5.41, 5.74) is 9.52. The van der Waals surface area contributed by atoms with Gasteiger partial charge in [-0.2, -0.15) is 0 Å². The zero-order valence-electron chi connectivity index (χ0n) is 9.47. The third-order valence-electron chi connectivity index (χ3n) is 2.63. The monoisotopic (exact) mass is 227 g/mol. The molecule has 0 atom stereocenters. The lowest BCUT2D eigenvalue weighted by Crippen LogP contribution is -1.98. The van der Waals surface area contributed by atoms with E-state index in [0.29, 0.717) is 5.69 Å². The van der Waals surface area contributed by atoms with Crippen LogP contribution in [0.1, 0.15) is 15.9 Å². The molecular formula is C14H13NO2. The molecule has 0 spiro atoms. The minimum Gasteiger partial charge on any atom is -0.478 e. The first-order valence-electron chi connectivity index (χ1n) is 5.28. The largest absolute Gasteiger partial charge is 0.478 e. The Morgan fingerprint density at radius 2 is 1.94 bits per heavy atom. The fourth-order valence-electron chi connectivity index (χ4n) is 1.75. The lowest BCUT2D eigenvalue weighted by atomic mass is 10.00. The Kier molecular flexibility index (Phi) is 2.83. The maximum Gasteiger partial charge on any atom is 0.335 e. The van der Waals surface area contributed by atoms with E-state index in [1.165, 1.54) is 6.07 Å². The van der Waals surface area contributed by atoms with Gasteiger partial charge in [0, 0.05) is 11.3 Å². The number of aromatic carboxylic acids is 1. The van der Waals surface area contributed by atoms with E-state index in [-0.39, 0.29) is 5.56 Å². The average molecular weight is 227 g/mol. The summed E-state index contributed by atoms with van der Waals surface area (Å²) in [6.45, 7) is 1.99. The molecule has 0 bridgehead atoms. The number of anilines is 1. The molecule has 86 valence electrons. The summed E-state index contributed by atoms with van der Waals surface area (Å²) in [4.78, 5) is 10.9. The van der Waals surface area contributed by atoms with Gasteiger partial charge in [0.2, 0.25) is 0 Å². The first-order chi connectivity index (χ1) is 8.08. The average Bonchev–Trinajstić information content (AvgIpc) is 2.29. The summed E-state index contributed by atoms with van der Waals surface area (Å²) in [5, 5.41) is 8.96. The maximum absolute atomic E-state index is 10.9. The number of benzene rings is 2. The molecule has 2 aromatic rings. The number of carboxylic acids is 1. The van der Waals surface area contributed by atoms with Gasteiger partial charge < -0.3 is 10.8 Å². The molecule has 3 heteroatoms. The molecule has 2 rings (SSSR count). The number of rotatable bonds is 2. The number of carboxylic acid groups (broad SMARTS) is 1. The Bertz CT molecular complexity index is 576. The Hall–Kier alpha value is -2.29. The van der Waals surface area contributed by atoms with Crippen LogP contribution in [0, 0.1) is 6.92 Å². The first-order valence-corrected chi connectivity index (χ1v) is 5.28. The van der Waals surface area contributed by atoms with Crippen LogP contribution in [-0.4, -0.2) is 11.1 Å². The smallest absolute Gasteiger partial charge is 0.335 e. The summed E-state index contributed by atoms with van der Waals surface area (Å²) in [6.07, 6.45) is 0. The molecule has 3 N–H and O–H groups in total. The van der Waals surface area contributed by atoms with Crippen molar-refractivity contribution in [2.45, 2.75) is 6.92 Å². The number of aryl methyl sites for hydroxylation is 1. The highest BCUT2D eigenvalue weighted by molar-refractivity contribution is 5.91. The zero-order chi connectivity index (χ0) is 12.4. The van der Waals surface area contributed by atoms with Gasteiger partial charge in [-0.05, 0) is 30.7 Å². The topological polar surface area (TPSA) is 63.3 Å². The molecule has 0 heterocycles. The summed E-state index contributed by atoms with van der Waals surface area (Å²) in [6, 6.07) is 12.6. The highest BCUT2D eigenvalue weighted by atomic mass is 16.4. The number of carbonyl (C=O) groups is 1. The van der Waals surface area contributed by atoms with Crippen LogP contribution < -0.4 is 5.73 Å². The van der Waals surface area contributed by atoms with Crippen LogP contribution in [-0.2, 0) is 0 Å². The van der Waals surface area contributed by atoms with Crippen molar-refractivity contribution in [2.75, 3.05) is 5.73 Å². The molecular weight excluding hydrogens is 214 g/mol. The van der Waals surface area contributed by atoms with E-state index in [1.54, 1.807) is 12.1 Å². The molecule has 0 saturated carbocycles. The second-order valence-electron chi connectivity index (χ2n) is 3.98. The molecule has 0 aliphatic rings. The van der Waals surface area contributed by atoms with Crippen molar-refractivity contribution in [3.8, 4) is 11.1 Å². The van der Waals surface area contributed by atoms with Gasteiger partial charge in [-0.3, -0.25) is 0 Å². The number of nitrogens with two attached hydrogens (primary N) is 1. The predicted octanol–water partition coefficient (Wildman–Crippen LogP) is 2.94. The molecule has 0 aromatic heterocycles. The minimum absolute atomic E-state index is 0.246. The Morgan fingerprint density at radius 3 is 2.59 bits per heavy atom. The number of hydrogen-bond acceptors (Lipinski definition) is 2. The van der Waals surface area contributed by atoms with E-state index in [0.717, 1.165) is 16.7 Å². The van der Waals surface area contributed by atoms with E-state index in [2.05, 4.69) is 0 Å². The fourth-order valence-corrected chi connectivity index (χ4v) is 1.75. The van der Waals surface area contributed by atoms with Crippen LogP contribution >= 0.6 is 0 Å². The highest BCUT2D eigenvalue weighted by Gasteiger charge is 2.08. The van der Waals surface area contributed by atoms with Gasteiger partial charge in [-0.1, -0.05) is 29.8 Å². The Morgan fingerprint density at radius 1 is 1.18 bits per heavy atom. The summed E-state index contributed by atoms with van der Waals surface area (Å²) < 4.78 is 0. The molecule has 0 saturated heterocycles. The van der Waals surface area contributed by atoms with Crippen LogP contribution in [0.2, 0.25) is 0 Å². The summed E-state index contributed by atoms with van der Waals surface area (Å²) >= 11 is 0. The van der Waals surface area contributed by atoms with Crippen LogP contribution in [0.15, 0.2) is 42.5 Å². The number of nitrogen functional groups attached to an aromatic ring is 1. The van der Waals surface area contributed by atoms with Crippen LogP contribution in [0.3, 0.4) is 0 Å². The molecule has 0 aliphatic heterocycles. The Balaban J connectivity index is 2.58. The summed E-state index contributed by atoms with van der Waals surface area (Å²) in [7, 11) is 0. The van der Waals surface area contributed by atoms with Gasteiger partial charge in [0.05, 0.1) is 5.56 Å². The molecule has 0 aliphatic carbocycles. The quantitative estimate of drug-likeness (QED) is 0.775. The second-order valence-corrected chi connectivity index (χ2v) is 3.98. The summed E-state index contributed by atoms with van der Waals surface area (Å²) in [5.74, 6) is -0.945. The van der Waals surface area contributed by atoms with Gasteiger partial charge in [0.15, 0.2) is 0 Å². The number of hydrogen-bond donors (Lipinski definition) is 2. The van der Waals surface area contributed by atoms with Crippen molar-refractivity contribution >= 4 is 11.7 Å². The van der Waals surface area contributed by atoms with Gasteiger partial charge >= 0.3 is 5.97 Å². The third kappa shape index (κ3) is 2.28. The normalized spacial score (nSPS) is 10.2. The van der Waals surface area contributed by atoms with Crippen molar-refractivity contribution in [2.24, 2.45) is 0 Å². The van der Waals surface area contributed by atoms with E-state index >= 15 is 0 Å². The van der Waals surface area contributed by atoms with Crippen molar-refractivity contribution in [1.29, 1.82) is 0 Å². The molecule has 0 fully saturated rings. The van der Waals surface area contributed by atoms with E-state index in [4.69, 9.17) is 10.8 Å². The van der Waals surface area contributed by atoms with Crippen LogP contribution in [0.4, 0.5) is 5.69 Å². The van der Waals surface area contributed by atoms with Crippen molar-refractivity contribution < 1.29 is 9.90 Å².